The molecule has 7 heteroatoms. The first-order valence-corrected chi connectivity index (χ1v) is 30.7. The lowest BCUT2D eigenvalue weighted by atomic mass is 9.59. The Bertz CT molecular complexity index is 1370. The van der Waals surface area contributed by atoms with E-state index in [2.05, 4.69) is 135 Å². The molecule has 0 aromatic rings. The quantitative estimate of drug-likeness (QED) is 0.174. The van der Waals surface area contributed by atoms with E-state index in [-0.39, 0.29) is 44.8 Å². The molecule has 1 saturated heterocycles. The zero-order valence-electron chi connectivity index (χ0n) is 38.9. The molecule has 0 spiro atoms. The van der Waals surface area contributed by atoms with Crippen LogP contribution in [0.1, 0.15) is 148 Å². The van der Waals surface area contributed by atoms with Gasteiger partial charge in [0, 0.05) is 5.92 Å². The van der Waals surface area contributed by atoms with E-state index in [1.807, 2.05) is 0 Å². The van der Waals surface area contributed by atoms with Crippen LogP contribution in [0.4, 0.5) is 0 Å². The van der Waals surface area contributed by atoms with Crippen molar-refractivity contribution >= 4 is 25.0 Å². The summed E-state index contributed by atoms with van der Waals surface area (Å²) in [5, 5.41) is 0.290. The second kappa shape index (κ2) is 16.4. The van der Waals surface area contributed by atoms with Gasteiger partial charge in [0.2, 0.25) is 0 Å². The highest BCUT2D eigenvalue weighted by molar-refractivity contribution is 6.74. The molecule has 4 rings (SSSR count). The minimum Gasteiger partial charge on any atom is -0.413 e. The molecular formula is C47H88O4Si3. The topological polar surface area (TPSA) is 36.9 Å². The first kappa shape index (κ1) is 46.4. The van der Waals surface area contributed by atoms with Crippen molar-refractivity contribution in [2.75, 3.05) is 6.61 Å². The third kappa shape index (κ3) is 9.60. The fourth-order valence-electron chi connectivity index (χ4n) is 10.9. The monoisotopic (exact) mass is 801 g/mol. The van der Waals surface area contributed by atoms with Crippen LogP contribution in [-0.2, 0) is 18.0 Å². The van der Waals surface area contributed by atoms with Gasteiger partial charge >= 0.3 is 0 Å². The van der Waals surface area contributed by atoms with E-state index < -0.39 is 25.0 Å². The van der Waals surface area contributed by atoms with Gasteiger partial charge in [0.15, 0.2) is 25.0 Å². The van der Waals surface area contributed by atoms with Crippen LogP contribution in [0.25, 0.3) is 0 Å². The molecule has 54 heavy (non-hydrogen) atoms. The summed E-state index contributed by atoms with van der Waals surface area (Å²) in [5.41, 5.74) is 4.30. The second-order valence-corrected chi connectivity index (χ2v) is 37.0. The second-order valence-electron chi connectivity index (χ2n) is 22.8. The van der Waals surface area contributed by atoms with Gasteiger partial charge in [-0.1, -0.05) is 100 Å². The van der Waals surface area contributed by atoms with E-state index >= 15 is 0 Å². The Morgan fingerprint density at radius 2 is 1.43 bits per heavy atom. The zero-order valence-corrected chi connectivity index (χ0v) is 41.9. The van der Waals surface area contributed by atoms with Crippen molar-refractivity contribution in [1.29, 1.82) is 0 Å². The van der Waals surface area contributed by atoms with E-state index in [0.29, 0.717) is 17.8 Å². The zero-order chi connectivity index (χ0) is 40.9. The van der Waals surface area contributed by atoms with Crippen molar-refractivity contribution in [1.82, 2.24) is 0 Å². The summed E-state index contributed by atoms with van der Waals surface area (Å²) < 4.78 is 28.6. The molecule has 4 aliphatic rings. The van der Waals surface area contributed by atoms with E-state index in [1.165, 1.54) is 61.4 Å². The minimum atomic E-state index is -2.04. The Balaban J connectivity index is 1.57. The molecular weight excluding hydrogens is 713 g/mol. The summed E-state index contributed by atoms with van der Waals surface area (Å²) in [6.45, 7) is 48.6. The lowest BCUT2D eigenvalue weighted by molar-refractivity contribution is -0.0753. The molecule has 3 saturated carbocycles. The molecule has 1 heterocycles. The third-order valence-electron chi connectivity index (χ3n) is 16.5. The largest absolute Gasteiger partial charge is 0.413 e. The maximum atomic E-state index is 7.26. The van der Waals surface area contributed by atoms with Crippen LogP contribution in [0.3, 0.4) is 0 Å². The maximum absolute atomic E-state index is 7.26. The summed E-state index contributed by atoms with van der Waals surface area (Å²) in [6.07, 6.45) is 14.6. The summed E-state index contributed by atoms with van der Waals surface area (Å²) in [5.74, 6) is 2.04. The molecule has 1 aliphatic heterocycles. The highest BCUT2D eigenvalue weighted by Crippen LogP contribution is 2.63. The molecule has 4 fully saturated rings. The van der Waals surface area contributed by atoms with Gasteiger partial charge in [0.1, 0.15) is 0 Å². The van der Waals surface area contributed by atoms with Crippen LogP contribution in [0.15, 0.2) is 35.5 Å². The maximum Gasteiger partial charge on any atom is 0.192 e. The Kier molecular flexibility index (Phi) is 14.1. The standard InChI is InChI=1S/C47H88O4Si3/c1-20-54(21-2,22-3)51-45(12,13)31-36-32-47(15,48-33-36)41-28-27-39-37(24-23-29-46(39,41)14)25-26-38-30-40(49-52(16,17)43(6,7)8)35(5)42(34(38)4)50-53(18,19)44(9,10)11/h25-26,35-36,39-42H,4,20-24,27-33H2,1-3,5-19H3/b37-25+,38-26-/t35-,36-,39-,40+,41-,42+,46-,47-/m0/s1. The average molecular weight is 801 g/mol. The fourth-order valence-corrected chi connectivity index (χ4v) is 16.8. The Hall–Kier alpha value is -0.289. The molecule has 0 unspecified atom stereocenters. The lowest BCUT2D eigenvalue weighted by Gasteiger charge is -2.49. The van der Waals surface area contributed by atoms with Gasteiger partial charge in [-0.3, -0.25) is 0 Å². The highest BCUT2D eigenvalue weighted by atomic mass is 28.4. The summed E-state index contributed by atoms with van der Waals surface area (Å²) in [7, 11) is -5.70. The van der Waals surface area contributed by atoms with Gasteiger partial charge in [-0.15, -0.1) is 0 Å². The van der Waals surface area contributed by atoms with Crippen LogP contribution in [0.2, 0.25) is 54.4 Å². The predicted octanol–water partition coefficient (Wildman–Crippen LogP) is 14.4. The number of hydrogen-bond donors (Lipinski definition) is 0. The number of ether oxygens (including phenoxy) is 1. The number of allylic oxidation sites excluding steroid dienone is 3. The molecule has 0 N–H and O–H groups in total. The van der Waals surface area contributed by atoms with Gasteiger partial charge < -0.3 is 18.0 Å². The molecule has 312 valence electrons. The summed E-state index contributed by atoms with van der Waals surface area (Å²) in [6, 6.07) is 3.63. The highest BCUT2D eigenvalue weighted by Gasteiger charge is 2.58. The van der Waals surface area contributed by atoms with E-state index in [0.717, 1.165) is 25.9 Å². The number of hydrogen-bond acceptors (Lipinski definition) is 4. The van der Waals surface area contributed by atoms with E-state index in [4.69, 9.17) is 24.6 Å². The minimum absolute atomic E-state index is 0.0148. The Morgan fingerprint density at radius 1 is 0.852 bits per heavy atom. The molecule has 0 bridgehead atoms. The van der Waals surface area contributed by atoms with E-state index in [1.54, 1.807) is 5.57 Å². The van der Waals surface area contributed by atoms with Crippen molar-refractivity contribution in [2.45, 2.75) is 226 Å². The SMILES string of the molecule is C=C1/C(=C\C=C2/CCC[C@@]3(C)[C@H]2CC[C@@H]3[C@]2(C)C[C@H](CC(C)(C)O[Si](CC)(CC)CC)CO2)C[C@@H](O[Si](C)(C)C(C)(C)C)[C@H](C)[C@@H]1O[Si](C)(C)C(C)(C)C. The van der Waals surface area contributed by atoms with Crippen LogP contribution < -0.4 is 0 Å². The molecule has 3 aliphatic carbocycles. The Morgan fingerprint density at radius 3 is 1.98 bits per heavy atom. The molecule has 8 atom stereocenters. The molecule has 0 aromatic heterocycles. The van der Waals surface area contributed by atoms with Crippen LogP contribution in [0.5, 0.6) is 0 Å². The summed E-state index contributed by atoms with van der Waals surface area (Å²) in [4.78, 5) is 0. The lowest BCUT2D eigenvalue weighted by Crippen LogP contribution is -2.53. The van der Waals surface area contributed by atoms with Crippen molar-refractivity contribution in [2.24, 2.45) is 29.1 Å². The number of fused-ring (bicyclic) bond motifs is 1. The van der Waals surface area contributed by atoms with E-state index in [9.17, 15) is 0 Å². The van der Waals surface area contributed by atoms with Crippen molar-refractivity contribution in [3.8, 4) is 0 Å². The van der Waals surface area contributed by atoms with Crippen molar-refractivity contribution in [3.63, 3.8) is 0 Å². The third-order valence-corrected chi connectivity index (χ3v) is 30.3. The van der Waals surface area contributed by atoms with Crippen LogP contribution in [0, 0.1) is 29.1 Å². The van der Waals surface area contributed by atoms with Crippen molar-refractivity contribution in [3.05, 3.63) is 35.5 Å². The van der Waals surface area contributed by atoms with Gasteiger partial charge in [0.25, 0.3) is 0 Å². The number of rotatable bonds is 13. The fraction of sp³-hybridized carbons (Fsp3) is 0.872. The predicted molar refractivity (Wildman–Crippen MR) is 241 cm³/mol. The molecule has 0 aromatic carbocycles. The molecule has 0 amide bonds. The smallest absolute Gasteiger partial charge is 0.192 e. The normalized spacial score (nSPS) is 35.0. The van der Waals surface area contributed by atoms with Gasteiger partial charge in [0.05, 0.1) is 30.0 Å². The summed E-state index contributed by atoms with van der Waals surface area (Å²) >= 11 is 0. The van der Waals surface area contributed by atoms with Gasteiger partial charge in [-0.2, -0.15) is 0 Å². The van der Waals surface area contributed by atoms with Crippen LogP contribution >= 0.6 is 0 Å². The molecule has 4 nitrogen and oxygen atoms in total. The van der Waals surface area contributed by atoms with Crippen LogP contribution in [-0.4, -0.2) is 55.0 Å². The van der Waals surface area contributed by atoms with Crippen molar-refractivity contribution < 1.29 is 18.0 Å². The first-order chi connectivity index (χ1) is 24.6. The Labute approximate surface area is 338 Å². The van der Waals surface area contributed by atoms with Gasteiger partial charge in [-0.05, 0) is 161 Å². The molecule has 0 radical (unpaired) electrons. The average Bonchev–Trinajstić information content (AvgIpc) is 3.61. The first-order valence-electron chi connectivity index (χ1n) is 22.4. The van der Waals surface area contributed by atoms with Gasteiger partial charge in [-0.25, -0.2) is 0 Å².